The third-order valence-corrected chi connectivity index (χ3v) is 7.27. The van der Waals surface area contributed by atoms with Crippen molar-refractivity contribution in [1.29, 1.82) is 0 Å². The minimum Gasteiger partial charge on any atom is -0.477 e. The molecule has 4 rings (SSSR count). The van der Waals surface area contributed by atoms with E-state index in [9.17, 15) is 19.5 Å². The summed E-state index contributed by atoms with van der Waals surface area (Å²) in [4.78, 5) is 48.2. The number of carbonyl (C=O) groups excluding carboxylic acids is 2. The van der Waals surface area contributed by atoms with Crippen LogP contribution in [0.1, 0.15) is 25.2 Å². The maximum atomic E-state index is 13.0. The van der Waals surface area contributed by atoms with Gasteiger partial charge in [0.2, 0.25) is 11.5 Å². The lowest BCUT2D eigenvalue weighted by atomic mass is 10.0. The first-order chi connectivity index (χ1) is 16.8. The molecule has 0 aromatic carbocycles. The number of carboxylic acids is 1. The first kappa shape index (κ1) is 24.6. The van der Waals surface area contributed by atoms with Crippen molar-refractivity contribution in [3.8, 4) is 0 Å². The van der Waals surface area contributed by atoms with Crippen molar-refractivity contribution < 1.29 is 28.9 Å². The molecular weight excluding hydrogens is 494 g/mol. The van der Waals surface area contributed by atoms with E-state index in [1.807, 2.05) is 36.0 Å². The molecule has 1 fully saturated rings. The summed E-state index contributed by atoms with van der Waals surface area (Å²) in [6.07, 6.45) is 4.68. The fourth-order valence-corrected chi connectivity index (χ4v) is 5.53. The minimum absolute atomic E-state index is 0.0156. The summed E-state index contributed by atoms with van der Waals surface area (Å²) in [6, 6.07) is 2.98. The van der Waals surface area contributed by atoms with Crippen LogP contribution in [0, 0.1) is 0 Å². The number of nitrogens with two attached hydrogens (primary N) is 1. The largest absolute Gasteiger partial charge is 0.477 e. The van der Waals surface area contributed by atoms with Crippen molar-refractivity contribution in [1.82, 2.24) is 19.6 Å². The Balaban J connectivity index is 1.53. The highest BCUT2D eigenvalue weighted by Gasteiger charge is 2.54. The first-order valence-corrected chi connectivity index (χ1v) is 12.6. The lowest BCUT2D eigenvalue weighted by molar-refractivity contribution is -0.689. The van der Waals surface area contributed by atoms with Gasteiger partial charge in [0, 0.05) is 34.5 Å². The van der Waals surface area contributed by atoms with Crippen LogP contribution in [0.25, 0.3) is 0 Å². The smallest absolute Gasteiger partial charge is 0.352 e. The molecule has 1 saturated heterocycles. The number of β-lactam (4-membered cyclic amide) rings is 1. The van der Waals surface area contributed by atoms with E-state index < -0.39 is 29.2 Å². The van der Waals surface area contributed by atoms with Crippen molar-refractivity contribution in [3.05, 3.63) is 47.2 Å². The molecule has 2 atom stereocenters. The fraction of sp³-hybridized carbons (Fsp3) is 0.381. The number of amides is 2. The van der Waals surface area contributed by atoms with E-state index in [1.54, 1.807) is 6.92 Å². The van der Waals surface area contributed by atoms with E-state index in [0.717, 1.165) is 23.5 Å². The predicted molar refractivity (Wildman–Crippen MR) is 128 cm³/mol. The van der Waals surface area contributed by atoms with Crippen LogP contribution in [0.4, 0.5) is 5.13 Å². The molecule has 2 aromatic rings. The Kier molecular flexibility index (Phi) is 7.31. The molecule has 0 spiro atoms. The molecule has 0 aliphatic carbocycles. The average molecular weight is 519 g/mol. The summed E-state index contributed by atoms with van der Waals surface area (Å²) in [5.74, 6) is -2.03. The monoisotopic (exact) mass is 518 g/mol. The van der Waals surface area contributed by atoms with Crippen molar-refractivity contribution in [2.24, 2.45) is 5.16 Å². The summed E-state index contributed by atoms with van der Waals surface area (Å²) < 4.78 is 5.89. The van der Waals surface area contributed by atoms with Crippen molar-refractivity contribution in [3.63, 3.8) is 0 Å². The molecule has 2 aromatic heterocycles. The second kappa shape index (κ2) is 10.4. The number of aliphatic carboxylic acids is 1. The molecule has 4 heterocycles. The topological polar surface area (TPSA) is 164 Å². The number of rotatable bonds is 9. The molecule has 2 amide bonds. The molecule has 2 aliphatic heterocycles. The Morgan fingerprint density at radius 2 is 2.23 bits per heavy atom. The molecular formula is C21H24N7O5S2+. The van der Waals surface area contributed by atoms with Crippen molar-refractivity contribution >= 4 is 51.9 Å². The van der Waals surface area contributed by atoms with Gasteiger partial charge in [-0.2, -0.15) is 9.36 Å². The van der Waals surface area contributed by atoms with Crippen molar-refractivity contribution in [2.75, 3.05) is 18.1 Å². The zero-order chi connectivity index (χ0) is 25.1. The van der Waals surface area contributed by atoms with Gasteiger partial charge in [0.05, 0.1) is 0 Å². The Labute approximate surface area is 209 Å². The molecule has 0 saturated carbocycles. The number of thioether (sulfide) groups is 1. The number of pyridine rings is 1. The van der Waals surface area contributed by atoms with E-state index in [4.69, 9.17) is 10.6 Å². The highest BCUT2D eigenvalue weighted by atomic mass is 32.2. The summed E-state index contributed by atoms with van der Waals surface area (Å²) in [6.45, 7) is 4.29. The number of aromatic nitrogens is 3. The van der Waals surface area contributed by atoms with Gasteiger partial charge in [-0.1, -0.05) is 12.1 Å². The Hall–Kier alpha value is -3.52. The van der Waals surface area contributed by atoms with Crippen molar-refractivity contribution in [2.45, 2.75) is 38.2 Å². The van der Waals surface area contributed by atoms with Crippen LogP contribution in [0.3, 0.4) is 0 Å². The summed E-state index contributed by atoms with van der Waals surface area (Å²) >= 11 is 2.29. The average Bonchev–Trinajstić information content (AvgIpc) is 3.28. The second-order valence-corrected chi connectivity index (χ2v) is 9.56. The quantitative estimate of drug-likeness (QED) is 0.181. The fourth-order valence-electron chi connectivity index (χ4n) is 3.76. The molecule has 35 heavy (non-hydrogen) atoms. The SMILES string of the molecule is CCON=C(C(=O)NC1C(=O)N2C(C(=O)O)=C(C[n+]3cccc(CC)c3)CS[C@@H]12)c1nsc(N)n1. The number of nitrogens with zero attached hydrogens (tertiary/aromatic N) is 5. The van der Waals surface area contributed by atoms with Gasteiger partial charge in [0.25, 0.3) is 11.8 Å². The van der Waals surface area contributed by atoms with Gasteiger partial charge in [-0.3, -0.25) is 14.5 Å². The first-order valence-electron chi connectivity index (χ1n) is 10.8. The number of oxime groups is 1. The lowest BCUT2D eigenvalue weighted by Crippen LogP contribution is -2.71. The summed E-state index contributed by atoms with van der Waals surface area (Å²) in [5.41, 5.74) is 7.09. The number of hydrogen-bond donors (Lipinski definition) is 3. The molecule has 2 aliphatic rings. The van der Waals surface area contributed by atoms with Gasteiger partial charge < -0.3 is 21.0 Å². The number of carbonyl (C=O) groups is 3. The van der Waals surface area contributed by atoms with Crippen LogP contribution in [-0.4, -0.2) is 66.6 Å². The van der Waals surface area contributed by atoms with E-state index >= 15 is 0 Å². The number of nitrogen functional groups attached to an aromatic ring is 1. The molecule has 14 heteroatoms. The van der Waals surface area contributed by atoms with E-state index in [0.29, 0.717) is 17.9 Å². The van der Waals surface area contributed by atoms with Gasteiger partial charge in [0.1, 0.15) is 23.7 Å². The van der Waals surface area contributed by atoms with E-state index in [2.05, 4.69) is 19.8 Å². The Morgan fingerprint density at radius 1 is 1.43 bits per heavy atom. The van der Waals surface area contributed by atoms with Crippen LogP contribution in [-0.2, 0) is 32.2 Å². The summed E-state index contributed by atoms with van der Waals surface area (Å²) in [5, 5.41) is 15.9. The number of carboxylic acid groups (broad SMARTS) is 1. The van der Waals surface area contributed by atoms with Gasteiger partial charge in [-0.15, -0.1) is 11.8 Å². The molecule has 1 unspecified atom stereocenters. The zero-order valence-electron chi connectivity index (χ0n) is 19.0. The van der Waals surface area contributed by atoms with Crippen LogP contribution < -0.4 is 15.6 Å². The highest BCUT2D eigenvalue weighted by molar-refractivity contribution is 8.00. The van der Waals surface area contributed by atoms with Crippen LogP contribution in [0.5, 0.6) is 0 Å². The van der Waals surface area contributed by atoms with Crippen LogP contribution in [0.2, 0.25) is 0 Å². The van der Waals surface area contributed by atoms with Crippen LogP contribution in [0.15, 0.2) is 41.0 Å². The van der Waals surface area contributed by atoms with Gasteiger partial charge >= 0.3 is 5.97 Å². The number of fused-ring (bicyclic) bond motifs is 1. The Bertz CT molecular complexity index is 1230. The zero-order valence-corrected chi connectivity index (χ0v) is 20.6. The maximum Gasteiger partial charge on any atom is 0.352 e. The maximum absolute atomic E-state index is 13.0. The number of anilines is 1. The normalized spacial score (nSPS) is 19.8. The van der Waals surface area contributed by atoms with E-state index in [-0.39, 0.29) is 29.0 Å². The van der Waals surface area contributed by atoms with Gasteiger partial charge in [-0.25, -0.2) is 9.36 Å². The molecule has 12 nitrogen and oxygen atoms in total. The number of hydrogen-bond acceptors (Lipinski definition) is 10. The number of aryl methyl sites for hydroxylation is 1. The number of nitrogens with one attached hydrogen (secondary N) is 1. The van der Waals surface area contributed by atoms with E-state index in [1.165, 1.54) is 16.7 Å². The third-order valence-electron chi connectivity index (χ3n) is 5.39. The third kappa shape index (κ3) is 4.98. The summed E-state index contributed by atoms with van der Waals surface area (Å²) in [7, 11) is 0. The van der Waals surface area contributed by atoms with Gasteiger partial charge in [-0.05, 0) is 19.4 Å². The second-order valence-electron chi connectivity index (χ2n) is 7.67. The molecule has 0 radical (unpaired) electrons. The highest BCUT2D eigenvalue weighted by Crippen LogP contribution is 2.40. The lowest BCUT2D eigenvalue weighted by Gasteiger charge is -2.49. The Morgan fingerprint density at radius 3 is 2.89 bits per heavy atom. The molecule has 0 bridgehead atoms. The standard InChI is InChI=1S/C21H23N7O5S2/c1-3-11-6-5-7-27(8-11)9-12-10-34-19-14(18(30)28(19)15(12)20(31)32)23-17(29)13(25-33-4-2)16-24-21(22)35-26-16/h5-8,14,19H,3-4,9-10H2,1-2H3,(H3-,22,23,24,26,29,31,32)/p+1/t14?,19-/m0/s1. The molecule has 4 N–H and O–H groups in total. The minimum atomic E-state index is -1.18. The molecule has 184 valence electrons. The predicted octanol–water partition coefficient (Wildman–Crippen LogP) is 0.150. The van der Waals surface area contributed by atoms with Crippen LogP contribution >= 0.6 is 23.3 Å². The van der Waals surface area contributed by atoms with Gasteiger partial charge in [0.15, 0.2) is 24.1 Å².